The molecule has 0 heterocycles. The average Bonchev–Trinajstić information content (AvgIpc) is 2.36. The molecule has 1 unspecified atom stereocenters. The van der Waals surface area contributed by atoms with E-state index in [0.29, 0.717) is 11.3 Å². The van der Waals surface area contributed by atoms with Gasteiger partial charge < -0.3 is 10.6 Å². The van der Waals surface area contributed by atoms with Crippen LogP contribution in [0.4, 0.5) is 5.69 Å². The molecule has 0 spiro atoms. The third-order valence-corrected chi connectivity index (χ3v) is 3.24. The van der Waals surface area contributed by atoms with Gasteiger partial charge in [-0.1, -0.05) is 26.8 Å². The monoisotopic (exact) mass is 259 g/mol. The zero-order valence-electron chi connectivity index (χ0n) is 12.0. The van der Waals surface area contributed by atoms with Gasteiger partial charge in [0, 0.05) is 25.2 Å². The van der Waals surface area contributed by atoms with Crippen molar-refractivity contribution in [2.45, 2.75) is 33.2 Å². The molecule has 0 radical (unpaired) electrons. The van der Waals surface area contributed by atoms with Crippen LogP contribution in [0.15, 0.2) is 24.3 Å². The van der Waals surface area contributed by atoms with Crippen LogP contribution in [0.1, 0.15) is 32.8 Å². The van der Waals surface area contributed by atoms with E-state index in [2.05, 4.69) is 6.07 Å². The van der Waals surface area contributed by atoms with Gasteiger partial charge in [-0.15, -0.1) is 0 Å². The van der Waals surface area contributed by atoms with Crippen molar-refractivity contribution in [2.24, 2.45) is 11.1 Å². The lowest BCUT2D eigenvalue weighted by Gasteiger charge is -2.28. The Bertz CT molecular complexity index is 497. The second-order valence-corrected chi connectivity index (χ2v) is 5.79. The van der Waals surface area contributed by atoms with Crippen molar-refractivity contribution < 1.29 is 4.79 Å². The van der Waals surface area contributed by atoms with E-state index in [4.69, 9.17) is 11.0 Å². The van der Waals surface area contributed by atoms with Crippen LogP contribution in [0.2, 0.25) is 0 Å². The van der Waals surface area contributed by atoms with Crippen LogP contribution in [0.25, 0.3) is 0 Å². The number of amides is 1. The van der Waals surface area contributed by atoms with E-state index in [-0.39, 0.29) is 23.8 Å². The fraction of sp³-hybridized carbons (Fsp3) is 0.467. The van der Waals surface area contributed by atoms with Gasteiger partial charge in [-0.3, -0.25) is 4.79 Å². The lowest BCUT2D eigenvalue weighted by molar-refractivity contribution is -0.119. The maximum atomic E-state index is 12.2. The Labute approximate surface area is 114 Å². The van der Waals surface area contributed by atoms with E-state index in [0.717, 1.165) is 0 Å². The first-order valence-corrected chi connectivity index (χ1v) is 6.28. The van der Waals surface area contributed by atoms with E-state index in [1.54, 1.807) is 36.2 Å². The molecule has 1 rings (SSSR count). The molecule has 0 aliphatic heterocycles. The molecule has 1 aromatic rings. The second-order valence-electron chi connectivity index (χ2n) is 5.79. The molecule has 0 aromatic heterocycles. The van der Waals surface area contributed by atoms with Crippen LogP contribution in [-0.4, -0.2) is 19.0 Å². The van der Waals surface area contributed by atoms with Crippen molar-refractivity contribution in [1.82, 2.24) is 0 Å². The minimum absolute atomic E-state index is 0.0440. The minimum atomic E-state index is -0.193. The molecule has 2 N–H and O–H groups in total. The van der Waals surface area contributed by atoms with Crippen molar-refractivity contribution >= 4 is 11.6 Å². The largest absolute Gasteiger partial charge is 0.327 e. The lowest BCUT2D eigenvalue weighted by Crippen LogP contribution is -2.40. The van der Waals surface area contributed by atoms with Gasteiger partial charge in [0.1, 0.15) is 0 Å². The maximum absolute atomic E-state index is 12.2. The number of nitrogens with two attached hydrogens (primary N) is 1. The zero-order valence-corrected chi connectivity index (χ0v) is 12.0. The average molecular weight is 259 g/mol. The number of rotatable bonds is 3. The van der Waals surface area contributed by atoms with Crippen LogP contribution >= 0.6 is 0 Å². The summed E-state index contributed by atoms with van der Waals surface area (Å²) in [5, 5.41) is 8.86. The van der Waals surface area contributed by atoms with Gasteiger partial charge in [0.25, 0.3) is 0 Å². The van der Waals surface area contributed by atoms with Crippen molar-refractivity contribution in [3.8, 4) is 6.07 Å². The molecule has 0 bridgehead atoms. The second kappa shape index (κ2) is 5.85. The van der Waals surface area contributed by atoms with Crippen molar-refractivity contribution in [1.29, 1.82) is 5.26 Å². The number of nitriles is 1. The van der Waals surface area contributed by atoms with Gasteiger partial charge in [0.15, 0.2) is 0 Å². The molecule has 19 heavy (non-hydrogen) atoms. The topological polar surface area (TPSA) is 70.1 Å². The zero-order chi connectivity index (χ0) is 14.6. The first kappa shape index (κ1) is 15.2. The molecule has 4 heteroatoms. The molecule has 4 nitrogen and oxygen atoms in total. The molecule has 1 amide bonds. The highest BCUT2D eigenvalue weighted by molar-refractivity contribution is 5.93. The van der Waals surface area contributed by atoms with Crippen LogP contribution in [0, 0.1) is 16.7 Å². The summed E-state index contributed by atoms with van der Waals surface area (Å²) in [6, 6.07) is 8.85. The molecular formula is C15H21N3O. The molecule has 0 saturated carbocycles. The van der Waals surface area contributed by atoms with E-state index in [9.17, 15) is 4.79 Å². The van der Waals surface area contributed by atoms with Crippen LogP contribution in [0.5, 0.6) is 0 Å². The number of benzene rings is 1. The van der Waals surface area contributed by atoms with E-state index >= 15 is 0 Å². The standard InChI is InChI=1S/C15H21N3O/c1-15(2,3)13(17)9-14(19)18(4)12-7-5-6-11(8-12)10-16/h5-8,13H,9,17H2,1-4H3. The molecular weight excluding hydrogens is 238 g/mol. The summed E-state index contributed by atoms with van der Waals surface area (Å²) in [5.74, 6) is -0.0440. The summed E-state index contributed by atoms with van der Waals surface area (Å²) < 4.78 is 0. The third-order valence-electron chi connectivity index (χ3n) is 3.24. The van der Waals surface area contributed by atoms with Gasteiger partial charge in [-0.2, -0.15) is 5.26 Å². The minimum Gasteiger partial charge on any atom is -0.327 e. The van der Waals surface area contributed by atoms with Crippen LogP contribution in [0.3, 0.4) is 0 Å². The van der Waals surface area contributed by atoms with Crippen molar-refractivity contribution in [3.63, 3.8) is 0 Å². The summed E-state index contributed by atoms with van der Waals surface area (Å²) in [5.41, 5.74) is 7.17. The Morgan fingerprint density at radius 1 is 1.47 bits per heavy atom. The molecule has 1 aromatic carbocycles. The molecule has 1 atom stereocenters. The number of hydrogen-bond donors (Lipinski definition) is 1. The Morgan fingerprint density at radius 3 is 2.63 bits per heavy atom. The van der Waals surface area contributed by atoms with E-state index in [1.807, 2.05) is 20.8 Å². The fourth-order valence-electron chi connectivity index (χ4n) is 1.56. The fourth-order valence-corrected chi connectivity index (χ4v) is 1.56. The Kier molecular flexibility index (Phi) is 4.68. The van der Waals surface area contributed by atoms with E-state index in [1.165, 1.54) is 0 Å². The van der Waals surface area contributed by atoms with Gasteiger partial charge in [0.2, 0.25) is 5.91 Å². The summed E-state index contributed by atoms with van der Waals surface area (Å²) in [4.78, 5) is 13.7. The molecule has 102 valence electrons. The summed E-state index contributed by atoms with van der Waals surface area (Å²) in [6.07, 6.45) is 0.288. The normalized spacial score (nSPS) is 12.6. The highest BCUT2D eigenvalue weighted by Crippen LogP contribution is 2.22. The van der Waals surface area contributed by atoms with Crippen molar-refractivity contribution in [3.05, 3.63) is 29.8 Å². The van der Waals surface area contributed by atoms with Crippen LogP contribution < -0.4 is 10.6 Å². The third kappa shape index (κ3) is 4.08. The predicted molar refractivity (Wildman–Crippen MR) is 76.6 cm³/mol. The number of carbonyl (C=O) groups excluding carboxylic acids is 1. The number of nitrogens with zero attached hydrogens (tertiary/aromatic N) is 2. The van der Waals surface area contributed by atoms with Gasteiger partial charge in [-0.25, -0.2) is 0 Å². The van der Waals surface area contributed by atoms with E-state index < -0.39 is 0 Å². The summed E-state index contributed by atoms with van der Waals surface area (Å²) >= 11 is 0. The van der Waals surface area contributed by atoms with Gasteiger partial charge in [0.05, 0.1) is 11.6 Å². The van der Waals surface area contributed by atoms with Crippen molar-refractivity contribution in [2.75, 3.05) is 11.9 Å². The lowest BCUT2D eigenvalue weighted by atomic mass is 9.85. The number of hydrogen-bond acceptors (Lipinski definition) is 3. The summed E-state index contributed by atoms with van der Waals surface area (Å²) in [7, 11) is 1.70. The Balaban J connectivity index is 2.80. The maximum Gasteiger partial charge on any atom is 0.228 e. The number of anilines is 1. The smallest absolute Gasteiger partial charge is 0.228 e. The SMILES string of the molecule is CN(C(=O)CC(N)C(C)(C)C)c1cccc(C#N)c1. The Hall–Kier alpha value is -1.86. The first-order chi connectivity index (χ1) is 8.75. The molecule has 0 aliphatic rings. The highest BCUT2D eigenvalue weighted by atomic mass is 16.2. The summed E-state index contributed by atoms with van der Waals surface area (Å²) in [6.45, 7) is 6.05. The predicted octanol–water partition coefficient (Wildman–Crippen LogP) is 2.28. The quantitative estimate of drug-likeness (QED) is 0.905. The molecule has 0 fully saturated rings. The Morgan fingerprint density at radius 2 is 2.11 bits per heavy atom. The highest BCUT2D eigenvalue weighted by Gasteiger charge is 2.25. The molecule has 0 saturated heterocycles. The first-order valence-electron chi connectivity index (χ1n) is 6.28. The molecule has 0 aliphatic carbocycles. The number of carbonyl (C=O) groups is 1. The van der Waals surface area contributed by atoms with Gasteiger partial charge >= 0.3 is 0 Å². The van der Waals surface area contributed by atoms with Crippen LogP contribution in [-0.2, 0) is 4.79 Å². The van der Waals surface area contributed by atoms with Gasteiger partial charge in [-0.05, 0) is 23.6 Å².